The molecule has 11 rings (SSSR count). The number of hydrogen-bond donors (Lipinski definition) is 0. The minimum absolute atomic E-state index is 1.11. The van der Waals surface area contributed by atoms with Crippen LogP contribution >= 0.6 is 11.3 Å². The Morgan fingerprint density at radius 2 is 0.732 bits per heavy atom. The quantitative estimate of drug-likeness (QED) is 0.154. The van der Waals surface area contributed by atoms with Crippen molar-refractivity contribution in [3.8, 4) is 33.4 Å². The van der Waals surface area contributed by atoms with Crippen LogP contribution in [0.25, 0.3) is 85.9 Å². The third-order valence-corrected chi connectivity index (χ3v) is 12.4. The summed E-state index contributed by atoms with van der Waals surface area (Å²) in [4.78, 5) is 2.39. The highest BCUT2D eigenvalue weighted by atomic mass is 32.1. The second-order valence-electron chi connectivity index (χ2n) is 14.5. The predicted molar refractivity (Wildman–Crippen MR) is 243 cm³/mol. The van der Waals surface area contributed by atoms with Crippen molar-refractivity contribution in [3.63, 3.8) is 0 Å². The lowest BCUT2D eigenvalue weighted by molar-refractivity contribution is 1.29. The van der Waals surface area contributed by atoms with Gasteiger partial charge in [-0.15, -0.1) is 11.3 Å². The van der Waals surface area contributed by atoms with E-state index in [0.29, 0.717) is 0 Å². The first kappa shape index (κ1) is 32.4. The van der Waals surface area contributed by atoms with Crippen molar-refractivity contribution in [2.45, 2.75) is 0 Å². The van der Waals surface area contributed by atoms with E-state index in [9.17, 15) is 0 Å². The number of rotatable bonds is 6. The van der Waals surface area contributed by atoms with Gasteiger partial charge in [0.2, 0.25) is 0 Å². The number of thiophene rings is 1. The predicted octanol–water partition coefficient (Wildman–Crippen LogP) is 16.0. The maximum Gasteiger partial charge on any atom is 0.0468 e. The molecule has 0 radical (unpaired) electrons. The minimum Gasteiger partial charge on any atom is -0.310 e. The third-order valence-electron chi connectivity index (χ3n) is 11.2. The molecule has 1 nitrogen and oxygen atoms in total. The highest BCUT2D eigenvalue weighted by molar-refractivity contribution is 7.25. The normalized spacial score (nSPS) is 11.6. The summed E-state index contributed by atoms with van der Waals surface area (Å²) in [5.74, 6) is 0. The standard InChI is InChI=1S/C54H35NS/c1-3-13-36(14-4-1)37-23-27-41(28-24-37)55(43-31-32-53-50(35-43)47-20-11-12-22-52(47)56-53)42-29-25-38(26-30-42)40-33-49(39-15-5-2-6-16-39)54-48-21-10-9-18-45(48)44-17-7-8-19-46(44)51(54)34-40/h1-35H. The van der Waals surface area contributed by atoms with Gasteiger partial charge < -0.3 is 4.90 Å². The van der Waals surface area contributed by atoms with Crippen LogP contribution < -0.4 is 4.90 Å². The Morgan fingerprint density at radius 1 is 0.268 bits per heavy atom. The van der Waals surface area contributed by atoms with Gasteiger partial charge >= 0.3 is 0 Å². The molecule has 1 heterocycles. The van der Waals surface area contributed by atoms with Crippen molar-refractivity contribution in [2.75, 3.05) is 4.90 Å². The summed E-state index contributed by atoms with van der Waals surface area (Å²) in [6, 6.07) is 77.7. The van der Waals surface area contributed by atoms with Gasteiger partial charge in [0.1, 0.15) is 0 Å². The summed E-state index contributed by atoms with van der Waals surface area (Å²) >= 11 is 1.86. The molecule has 0 saturated carbocycles. The molecule has 0 N–H and O–H groups in total. The second-order valence-corrected chi connectivity index (χ2v) is 15.6. The molecule has 0 bridgehead atoms. The van der Waals surface area contributed by atoms with Crippen LogP contribution in [0.15, 0.2) is 212 Å². The van der Waals surface area contributed by atoms with E-state index >= 15 is 0 Å². The fourth-order valence-corrected chi connectivity index (χ4v) is 9.67. The molecule has 0 aliphatic carbocycles. The maximum absolute atomic E-state index is 2.40. The van der Waals surface area contributed by atoms with Gasteiger partial charge in [0.25, 0.3) is 0 Å². The Balaban J connectivity index is 1.08. The zero-order chi connectivity index (χ0) is 37.0. The van der Waals surface area contributed by atoms with Crippen LogP contribution in [-0.2, 0) is 0 Å². The van der Waals surface area contributed by atoms with Crippen molar-refractivity contribution in [2.24, 2.45) is 0 Å². The zero-order valence-corrected chi connectivity index (χ0v) is 31.4. The van der Waals surface area contributed by atoms with Gasteiger partial charge in [-0.05, 0) is 126 Å². The van der Waals surface area contributed by atoms with Gasteiger partial charge in [-0.2, -0.15) is 0 Å². The lowest BCUT2D eigenvalue weighted by Crippen LogP contribution is -2.09. The Labute approximate surface area is 330 Å². The van der Waals surface area contributed by atoms with Crippen LogP contribution in [0, 0.1) is 0 Å². The lowest BCUT2D eigenvalue weighted by Gasteiger charge is -2.26. The molecule has 10 aromatic carbocycles. The summed E-state index contributed by atoms with van der Waals surface area (Å²) in [5.41, 5.74) is 10.6. The van der Waals surface area contributed by atoms with Crippen molar-refractivity contribution in [3.05, 3.63) is 212 Å². The summed E-state index contributed by atoms with van der Waals surface area (Å²) in [6.45, 7) is 0. The summed E-state index contributed by atoms with van der Waals surface area (Å²) in [5, 5.41) is 10.3. The Morgan fingerprint density at radius 3 is 1.39 bits per heavy atom. The molecule has 262 valence electrons. The number of hydrogen-bond acceptors (Lipinski definition) is 2. The number of fused-ring (bicyclic) bond motifs is 9. The molecule has 0 spiro atoms. The second kappa shape index (κ2) is 13.4. The topological polar surface area (TPSA) is 3.24 Å². The fraction of sp³-hybridized carbons (Fsp3) is 0. The first-order valence-corrected chi connectivity index (χ1v) is 20.0. The van der Waals surface area contributed by atoms with Crippen molar-refractivity contribution in [1.29, 1.82) is 0 Å². The third kappa shape index (κ3) is 5.46. The van der Waals surface area contributed by atoms with E-state index in [-0.39, 0.29) is 0 Å². The lowest BCUT2D eigenvalue weighted by atomic mass is 9.87. The Kier molecular flexibility index (Phi) is 7.75. The monoisotopic (exact) mass is 729 g/mol. The number of benzene rings is 10. The SMILES string of the molecule is c1ccc(-c2ccc(N(c3ccc(-c4cc(-c5ccccc5)c5c6ccccc6c6ccccc6c5c4)cc3)c3ccc4sc5ccccc5c4c3)cc2)cc1. The van der Waals surface area contributed by atoms with Gasteiger partial charge in [-0.1, -0.05) is 152 Å². The van der Waals surface area contributed by atoms with Gasteiger partial charge in [-0.3, -0.25) is 0 Å². The zero-order valence-electron chi connectivity index (χ0n) is 30.6. The van der Waals surface area contributed by atoms with E-state index in [1.54, 1.807) is 0 Å². The van der Waals surface area contributed by atoms with E-state index in [0.717, 1.165) is 17.1 Å². The molecule has 0 aliphatic heterocycles. The maximum atomic E-state index is 2.40. The average Bonchev–Trinajstić information content (AvgIpc) is 3.65. The smallest absolute Gasteiger partial charge is 0.0468 e. The molecule has 1 aromatic heterocycles. The van der Waals surface area contributed by atoms with Gasteiger partial charge in [0, 0.05) is 37.2 Å². The number of anilines is 3. The highest BCUT2D eigenvalue weighted by Gasteiger charge is 2.18. The van der Waals surface area contributed by atoms with Crippen LogP contribution in [0.3, 0.4) is 0 Å². The van der Waals surface area contributed by atoms with E-state index in [1.165, 1.54) is 85.9 Å². The first-order chi connectivity index (χ1) is 27.8. The van der Waals surface area contributed by atoms with E-state index in [1.807, 2.05) is 11.3 Å². The van der Waals surface area contributed by atoms with Crippen molar-refractivity contribution < 1.29 is 0 Å². The van der Waals surface area contributed by atoms with Gasteiger partial charge in [0.05, 0.1) is 0 Å². The Hall–Kier alpha value is -7.00. The molecule has 0 amide bonds. The van der Waals surface area contributed by atoms with Crippen LogP contribution in [0.2, 0.25) is 0 Å². The summed E-state index contributed by atoms with van der Waals surface area (Å²) in [7, 11) is 0. The molecular weight excluding hydrogens is 695 g/mol. The molecule has 0 atom stereocenters. The molecule has 2 heteroatoms. The van der Waals surface area contributed by atoms with Gasteiger partial charge in [-0.25, -0.2) is 0 Å². The minimum atomic E-state index is 1.11. The Bertz CT molecular complexity index is 3220. The fourth-order valence-electron chi connectivity index (χ4n) is 8.58. The summed E-state index contributed by atoms with van der Waals surface area (Å²) in [6.07, 6.45) is 0. The molecule has 0 unspecified atom stereocenters. The molecule has 11 aromatic rings. The van der Waals surface area contributed by atoms with Crippen molar-refractivity contribution in [1.82, 2.24) is 0 Å². The van der Waals surface area contributed by atoms with Crippen LogP contribution in [-0.4, -0.2) is 0 Å². The average molecular weight is 730 g/mol. The largest absolute Gasteiger partial charge is 0.310 e. The molecule has 0 saturated heterocycles. The van der Waals surface area contributed by atoms with Gasteiger partial charge in [0.15, 0.2) is 0 Å². The van der Waals surface area contributed by atoms with Crippen LogP contribution in [0.5, 0.6) is 0 Å². The van der Waals surface area contributed by atoms with Crippen LogP contribution in [0.4, 0.5) is 17.1 Å². The highest BCUT2D eigenvalue weighted by Crippen LogP contribution is 2.45. The first-order valence-electron chi connectivity index (χ1n) is 19.2. The molecule has 56 heavy (non-hydrogen) atoms. The van der Waals surface area contributed by atoms with E-state index < -0.39 is 0 Å². The molecular formula is C54H35NS. The van der Waals surface area contributed by atoms with E-state index in [2.05, 4.69) is 217 Å². The van der Waals surface area contributed by atoms with Crippen LogP contribution in [0.1, 0.15) is 0 Å². The molecule has 0 aliphatic rings. The summed E-state index contributed by atoms with van der Waals surface area (Å²) < 4.78 is 2.62. The number of nitrogens with zero attached hydrogens (tertiary/aromatic N) is 1. The van der Waals surface area contributed by atoms with Crippen molar-refractivity contribution >= 4 is 80.9 Å². The molecule has 0 fully saturated rings. The van der Waals surface area contributed by atoms with E-state index in [4.69, 9.17) is 0 Å².